The number of ether oxygens (including phenoxy) is 1. The number of halogens is 3. The number of alkyl halides is 3. The molecule has 1 aromatic heterocycles. The van der Waals surface area contributed by atoms with Crippen molar-refractivity contribution in [3.05, 3.63) is 5.82 Å². The zero-order valence-corrected chi connectivity index (χ0v) is 12.5. The van der Waals surface area contributed by atoms with Gasteiger partial charge in [0, 0.05) is 30.7 Å². The number of anilines is 1. The Morgan fingerprint density at radius 1 is 1.33 bits per heavy atom. The number of amides is 1. The van der Waals surface area contributed by atoms with Crippen LogP contribution in [0.3, 0.4) is 0 Å². The van der Waals surface area contributed by atoms with Crippen molar-refractivity contribution in [2.24, 2.45) is 5.41 Å². The van der Waals surface area contributed by atoms with E-state index in [2.05, 4.69) is 14.7 Å². The summed E-state index contributed by atoms with van der Waals surface area (Å²) < 4.78 is 47.7. The maximum absolute atomic E-state index is 12.8. The molecule has 0 bridgehead atoms. The van der Waals surface area contributed by atoms with Crippen molar-refractivity contribution in [3.8, 4) is 0 Å². The quantitative estimate of drug-likeness (QED) is 0.929. The number of aromatic nitrogens is 2. The third-order valence-corrected chi connectivity index (χ3v) is 4.17. The molecule has 0 aliphatic carbocycles. The van der Waals surface area contributed by atoms with Crippen molar-refractivity contribution in [3.63, 3.8) is 0 Å². The smallest absolute Gasteiger partial charge is 0.381 e. The van der Waals surface area contributed by atoms with Gasteiger partial charge in [0.2, 0.25) is 11.0 Å². The minimum atomic E-state index is -4.62. The molecular formula is C12H16F3N3O2S. The van der Waals surface area contributed by atoms with E-state index in [9.17, 15) is 18.0 Å². The molecule has 1 fully saturated rings. The fourth-order valence-electron chi connectivity index (χ4n) is 1.79. The Balaban J connectivity index is 2.04. The molecule has 0 saturated carbocycles. The molecule has 1 aliphatic rings. The van der Waals surface area contributed by atoms with Crippen LogP contribution in [0.15, 0.2) is 0 Å². The topological polar surface area (TPSA) is 64.1 Å². The molecule has 5 nitrogen and oxygen atoms in total. The maximum Gasteiger partial charge on any atom is 0.402 e. The Morgan fingerprint density at radius 2 is 1.95 bits per heavy atom. The standard InChI is InChI=1S/C12H16F3N3O2S/c1-11(2,12(13,14)15)9(19)17-10-16-8(18-21-10)7-3-5-20-6-4-7/h7H,3-6H2,1-2H3,(H,16,17,18,19). The Labute approximate surface area is 124 Å². The third kappa shape index (κ3) is 3.52. The third-order valence-electron chi connectivity index (χ3n) is 3.52. The van der Waals surface area contributed by atoms with Crippen LogP contribution in [0.2, 0.25) is 0 Å². The van der Waals surface area contributed by atoms with E-state index in [1.165, 1.54) is 0 Å². The molecule has 9 heteroatoms. The van der Waals surface area contributed by atoms with E-state index in [0.717, 1.165) is 38.2 Å². The van der Waals surface area contributed by atoms with Crippen molar-refractivity contribution in [1.29, 1.82) is 0 Å². The van der Waals surface area contributed by atoms with Gasteiger partial charge >= 0.3 is 6.18 Å². The number of hydrogen-bond donors (Lipinski definition) is 1. The summed E-state index contributed by atoms with van der Waals surface area (Å²) in [6, 6.07) is 0. The van der Waals surface area contributed by atoms with Gasteiger partial charge in [0.25, 0.3) is 0 Å². The minimum absolute atomic E-state index is 0.0961. The van der Waals surface area contributed by atoms with Crippen LogP contribution in [0.4, 0.5) is 18.3 Å². The molecule has 1 N–H and O–H groups in total. The molecular weight excluding hydrogens is 307 g/mol. The van der Waals surface area contributed by atoms with Crippen LogP contribution in [0.5, 0.6) is 0 Å². The number of nitrogens with zero attached hydrogens (tertiary/aromatic N) is 2. The van der Waals surface area contributed by atoms with Crippen LogP contribution in [0.1, 0.15) is 38.4 Å². The lowest BCUT2D eigenvalue weighted by atomic mass is 9.92. The first-order chi connectivity index (χ1) is 9.72. The minimum Gasteiger partial charge on any atom is -0.381 e. The molecule has 0 aromatic carbocycles. The first-order valence-electron chi connectivity index (χ1n) is 6.51. The molecule has 0 radical (unpaired) electrons. The highest BCUT2D eigenvalue weighted by molar-refractivity contribution is 7.09. The van der Waals surface area contributed by atoms with E-state index in [-0.39, 0.29) is 11.0 Å². The van der Waals surface area contributed by atoms with E-state index in [1.807, 2.05) is 0 Å². The summed E-state index contributed by atoms with van der Waals surface area (Å²) >= 11 is 0.897. The first kappa shape index (κ1) is 16.2. The lowest BCUT2D eigenvalue weighted by molar-refractivity contribution is -0.208. The predicted octanol–water partition coefficient (Wildman–Crippen LogP) is 2.96. The Kier molecular flexibility index (Phi) is 4.52. The summed E-state index contributed by atoms with van der Waals surface area (Å²) in [5, 5.41) is 2.30. The van der Waals surface area contributed by atoms with Crippen molar-refractivity contribution in [1.82, 2.24) is 9.36 Å². The average molecular weight is 323 g/mol. The average Bonchev–Trinajstić information content (AvgIpc) is 2.87. The van der Waals surface area contributed by atoms with Crippen LogP contribution in [0, 0.1) is 5.41 Å². The summed E-state index contributed by atoms with van der Waals surface area (Å²) in [5.74, 6) is -0.440. The highest BCUT2D eigenvalue weighted by Crippen LogP contribution is 2.38. The van der Waals surface area contributed by atoms with Gasteiger partial charge in [-0.25, -0.2) is 4.98 Å². The molecule has 0 spiro atoms. The molecule has 2 heterocycles. The molecule has 118 valence electrons. The van der Waals surface area contributed by atoms with E-state index >= 15 is 0 Å². The lowest BCUT2D eigenvalue weighted by Crippen LogP contribution is -2.43. The molecule has 1 aliphatic heterocycles. The fraction of sp³-hybridized carbons (Fsp3) is 0.750. The van der Waals surface area contributed by atoms with Crippen LogP contribution in [-0.4, -0.2) is 34.7 Å². The van der Waals surface area contributed by atoms with Crippen LogP contribution < -0.4 is 5.32 Å². The zero-order chi connectivity index (χ0) is 15.7. The van der Waals surface area contributed by atoms with E-state index in [1.54, 1.807) is 0 Å². The molecule has 1 saturated heterocycles. The summed E-state index contributed by atoms with van der Waals surface area (Å²) in [4.78, 5) is 15.9. The largest absolute Gasteiger partial charge is 0.402 e. The van der Waals surface area contributed by atoms with Gasteiger partial charge in [0.1, 0.15) is 11.2 Å². The summed E-state index contributed by atoms with van der Waals surface area (Å²) in [6.07, 6.45) is -3.07. The van der Waals surface area contributed by atoms with Gasteiger partial charge in [-0.3, -0.25) is 10.1 Å². The zero-order valence-electron chi connectivity index (χ0n) is 11.7. The predicted molar refractivity (Wildman–Crippen MR) is 71.2 cm³/mol. The molecule has 1 amide bonds. The monoisotopic (exact) mass is 323 g/mol. The van der Waals surface area contributed by atoms with Gasteiger partial charge in [-0.1, -0.05) is 0 Å². The molecule has 1 aromatic rings. The summed E-state index contributed by atoms with van der Waals surface area (Å²) in [5.41, 5.74) is -2.47. The molecule has 21 heavy (non-hydrogen) atoms. The van der Waals surface area contributed by atoms with Gasteiger partial charge < -0.3 is 4.74 Å². The highest BCUT2D eigenvalue weighted by Gasteiger charge is 2.53. The molecule has 0 atom stereocenters. The van der Waals surface area contributed by atoms with Crippen molar-refractivity contribution < 1.29 is 22.7 Å². The van der Waals surface area contributed by atoms with Gasteiger partial charge in [-0.15, -0.1) is 0 Å². The highest BCUT2D eigenvalue weighted by atomic mass is 32.1. The Morgan fingerprint density at radius 3 is 2.52 bits per heavy atom. The Bertz CT molecular complexity index is 510. The lowest BCUT2D eigenvalue weighted by Gasteiger charge is -2.25. The van der Waals surface area contributed by atoms with Crippen molar-refractivity contribution >= 4 is 22.6 Å². The number of hydrogen-bond acceptors (Lipinski definition) is 5. The second kappa shape index (κ2) is 5.88. The number of carbonyl (C=O) groups is 1. The maximum atomic E-state index is 12.8. The van der Waals surface area contributed by atoms with Gasteiger partial charge in [-0.2, -0.15) is 17.5 Å². The van der Waals surface area contributed by atoms with Crippen molar-refractivity contribution in [2.45, 2.75) is 38.8 Å². The summed E-state index contributed by atoms with van der Waals surface area (Å²) in [6.45, 7) is 2.91. The van der Waals surface area contributed by atoms with Crippen LogP contribution in [-0.2, 0) is 9.53 Å². The normalized spacial score (nSPS) is 17.8. The second-order valence-corrected chi connectivity index (χ2v) is 6.17. The number of nitrogens with one attached hydrogen (secondary N) is 1. The number of carbonyl (C=O) groups excluding carboxylic acids is 1. The van der Waals surface area contributed by atoms with Gasteiger partial charge in [0.05, 0.1) is 0 Å². The van der Waals surface area contributed by atoms with Gasteiger partial charge in [-0.05, 0) is 26.7 Å². The molecule has 0 unspecified atom stereocenters. The van der Waals surface area contributed by atoms with E-state index in [0.29, 0.717) is 19.0 Å². The van der Waals surface area contributed by atoms with E-state index in [4.69, 9.17) is 4.74 Å². The molecule has 2 rings (SSSR count). The summed E-state index contributed by atoms with van der Waals surface area (Å²) in [7, 11) is 0. The van der Waals surface area contributed by atoms with Crippen LogP contribution >= 0.6 is 11.5 Å². The SMILES string of the molecule is CC(C)(C(=O)Nc1nc(C2CCOCC2)ns1)C(F)(F)F. The number of rotatable bonds is 3. The second-order valence-electron chi connectivity index (χ2n) is 5.42. The van der Waals surface area contributed by atoms with Gasteiger partial charge in [0.15, 0.2) is 0 Å². The fourth-order valence-corrected chi connectivity index (χ4v) is 2.43. The van der Waals surface area contributed by atoms with Crippen molar-refractivity contribution in [2.75, 3.05) is 18.5 Å². The first-order valence-corrected chi connectivity index (χ1v) is 7.28. The van der Waals surface area contributed by atoms with Crippen LogP contribution in [0.25, 0.3) is 0 Å². The Hall–Kier alpha value is -1.22. The van der Waals surface area contributed by atoms with E-state index < -0.39 is 17.5 Å².